The molecule has 0 bridgehead atoms. The van der Waals surface area contributed by atoms with Gasteiger partial charge in [0.25, 0.3) is 5.91 Å². The van der Waals surface area contributed by atoms with Gasteiger partial charge in [-0.3, -0.25) is 4.79 Å². The first-order valence-electron chi connectivity index (χ1n) is 8.66. The van der Waals surface area contributed by atoms with E-state index in [4.69, 9.17) is 16.3 Å². The van der Waals surface area contributed by atoms with E-state index in [2.05, 4.69) is 9.97 Å². The Morgan fingerprint density at radius 1 is 1.19 bits per heavy atom. The molecule has 0 atom stereocenters. The summed E-state index contributed by atoms with van der Waals surface area (Å²) in [6.45, 7) is 1.58. The Morgan fingerprint density at radius 2 is 1.96 bits per heavy atom. The van der Waals surface area contributed by atoms with E-state index in [1.807, 2.05) is 22.6 Å². The molecule has 1 aliphatic rings. The van der Waals surface area contributed by atoms with Crippen molar-refractivity contribution in [1.29, 1.82) is 0 Å². The van der Waals surface area contributed by atoms with Crippen molar-refractivity contribution in [3.05, 3.63) is 47.4 Å². The molecular weight excluding hydrogens is 387 g/mol. The Labute approximate surface area is 168 Å². The lowest BCUT2D eigenvalue weighted by Crippen LogP contribution is -2.35. The molecule has 2 aromatic heterocycles. The van der Waals surface area contributed by atoms with E-state index < -0.39 is 0 Å². The fourth-order valence-electron chi connectivity index (χ4n) is 3.29. The van der Waals surface area contributed by atoms with Crippen molar-refractivity contribution in [2.75, 3.05) is 13.1 Å². The zero-order valence-electron chi connectivity index (χ0n) is 14.9. The highest BCUT2D eigenvalue weighted by molar-refractivity contribution is 6.30. The van der Waals surface area contributed by atoms with Gasteiger partial charge in [0.15, 0.2) is 5.52 Å². The molecule has 4 rings (SSSR count). The minimum absolute atomic E-state index is 0. The van der Waals surface area contributed by atoms with Crippen molar-refractivity contribution in [3.63, 3.8) is 0 Å². The Balaban J connectivity index is 0.00000210. The number of likely N-dealkylation sites (tertiary alicyclic amines) is 1. The molecule has 0 saturated carbocycles. The summed E-state index contributed by atoms with van der Waals surface area (Å²) in [7, 11) is 1.87. The van der Waals surface area contributed by atoms with Crippen LogP contribution < -0.4 is 4.74 Å². The van der Waals surface area contributed by atoms with E-state index in [1.54, 1.807) is 30.7 Å². The van der Waals surface area contributed by atoms with Crippen molar-refractivity contribution < 1.29 is 9.53 Å². The van der Waals surface area contributed by atoms with Gasteiger partial charge in [-0.05, 0) is 37.5 Å². The van der Waals surface area contributed by atoms with E-state index in [1.165, 1.54) is 6.42 Å². The number of amides is 1. The number of carbonyl (C=O) groups excluding carboxylic acids is 1. The zero-order valence-corrected chi connectivity index (χ0v) is 16.5. The molecule has 0 radical (unpaired) electrons. The maximum atomic E-state index is 13.0. The van der Waals surface area contributed by atoms with E-state index in [0.29, 0.717) is 27.7 Å². The Morgan fingerprint density at radius 3 is 2.70 bits per heavy atom. The molecule has 3 heterocycles. The van der Waals surface area contributed by atoms with Crippen LogP contribution in [0.1, 0.15) is 29.6 Å². The summed E-state index contributed by atoms with van der Waals surface area (Å²) < 4.78 is 7.70. The van der Waals surface area contributed by atoms with Crippen LogP contribution >= 0.6 is 24.0 Å². The van der Waals surface area contributed by atoms with E-state index in [-0.39, 0.29) is 18.3 Å². The number of nitrogens with zero attached hydrogens (tertiary/aromatic N) is 4. The van der Waals surface area contributed by atoms with Gasteiger partial charge in [0.1, 0.15) is 5.75 Å². The molecule has 1 amide bonds. The minimum atomic E-state index is 0. The second-order valence-electron chi connectivity index (χ2n) is 6.44. The van der Waals surface area contributed by atoms with Crippen LogP contribution in [-0.2, 0) is 7.05 Å². The van der Waals surface area contributed by atoms with Gasteiger partial charge in [-0.1, -0.05) is 17.7 Å². The molecule has 27 heavy (non-hydrogen) atoms. The smallest absolute Gasteiger partial charge is 0.257 e. The predicted octanol–water partition coefficient (Wildman–Crippen LogP) is 4.46. The zero-order chi connectivity index (χ0) is 18.1. The molecule has 0 unspecified atom stereocenters. The molecule has 0 N–H and O–H groups in total. The molecular formula is C19H20Cl2N4O2. The largest absolute Gasteiger partial charge is 0.437 e. The number of halogens is 2. The normalized spacial score (nSPS) is 14.1. The van der Waals surface area contributed by atoms with E-state index >= 15 is 0 Å². The number of ether oxygens (including phenoxy) is 1. The summed E-state index contributed by atoms with van der Waals surface area (Å²) in [5.74, 6) is 0.935. The molecule has 8 heteroatoms. The van der Waals surface area contributed by atoms with Gasteiger partial charge in [0.05, 0.1) is 17.4 Å². The van der Waals surface area contributed by atoms with Crippen molar-refractivity contribution >= 4 is 40.9 Å². The average molecular weight is 407 g/mol. The van der Waals surface area contributed by atoms with Gasteiger partial charge in [0, 0.05) is 31.4 Å². The van der Waals surface area contributed by atoms with Crippen molar-refractivity contribution in [2.45, 2.75) is 19.3 Å². The van der Waals surface area contributed by atoms with E-state index in [9.17, 15) is 4.79 Å². The topological polar surface area (TPSA) is 60.2 Å². The molecule has 0 aliphatic carbocycles. The molecule has 1 saturated heterocycles. The Kier molecular flexibility index (Phi) is 5.87. The third-order valence-electron chi connectivity index (χ3n) is 4.59. The average Bonchev–Trinajstić information content (AvgIpc) is 3.05. The number of pyridine rings is 1. The number of aryl methyl sites for hydroxylation is 1. The summed E-state index contributed by atoms with van der Waals surface area (Å²) in [5.41, 5.74) is 1.85. The van der Waals surface area contributed by atoms with Gasteiger partial charge in [0.2, 0.25) is 5.88 Å². The van der Waals surface area contributed by atoms with Gasteiger partial charge in [-0.2, -0.15) is 0 Å². The fraction of sp³-hybridized carbons (Fsp3) is 0.316. The molecule has 0 spiro atoms. The summed E-state index contributed by atoms with van der Waals surface area (Å²) in [6, 6.07) is 7.10. The van der Waals surface area contributed by atoms with Crippen molar-refractivity contribution in [3.8, 4) is 11.6 Å². The molecule has 1 aliphatic heterocycles. The number of benzene rings is 1. The van der Waals surface area contributed by atoms with Crippen LogP contribution in [0.15, 0.2) is 36.8 Å². The van der Waals surface area contributed by atoms with Crippen LogP contribution in [0.2, 0.25) is 5.02 Å². The van der Waals surface area contributed by atoms with Gasteiger partial charge in [-0.15, -0.1) is 12.4 Å². The molecule has 6 nitrogen and oxygen atoms in total. The summed E-state index contributed by atoms with van der Waals surface area (Å²) in [6.07, 6.45) is 6.52. The number of aromatic nitrogens is 3. The molecule has 1 aromatic carbocycles. The highest BCUT2D eigenvalue weighted by Gasteiger charge is 2.24. The van der Waals surface area contributed by atoms with Crippen LogP contribution in [0.5, 0.6) is 11.6 Å². The number of carbonyl (C=O) groups is 1. The number of piperidine rings is 1. The SMILES string of the molecule is Cl.Cn1cnc2c(Oc3cccc(Cl)c3)ncc(C(=O)N3CCCCC3)c21. The standard InChI is InChI=1S/C19H19ClN4O2.ClH/c1-23-12-22-16-17(23)15(19(25)24-8-3-2-4-9-24)11-21-18(16)26-14-7-5-6-13(20)10-14;/h5-7,10-12H,2-4,8-9H2,1H3;1H. The number of fused-ring (bicyclic) bond motifs is 1. The lowest BCUT2D eigenvalue weighted by molar-refractivity contribution is 0.0725. The monoisotopic (exact) mass is 406 g/mol. The Bertz CT molecular complexity index is 967. The number of hydrogen-bond acceptors (Lipinski definition) is 4. The molecule has 142 valence electrons. The fourth-order valence-corrected chi connectivity index (χ4v) is 3.47. The van der Waals surface area contributed by atoms with Gasteiger partial charge in [-0.25, -0.2) is 9.97 Å². The van der Waals surface area contributed by atoms with Gasteiger partial charge < -0.3 is 14.2 Å². The number of hydrogen-bond donors (Lipinski definition) is 0. The van der Waals surface area contributed by atoms with E-state index in [0.717, 1.165) is 31.4 Å². The van der Waals surface area contributed by atoms with Crippen LogP contribution in [0.3, 0.4) is 0 Å². The van der Waals surface area contributed by atoms with Crippen molar-refractivity contribution in [2.24, 2.45) is 7.05 Å². The van der Waals surface area contributed by atoms with Gasteiger partial charge >= 0.3 is 0 Å². The number of imidazole rings is 1. The highest BCUT2D eigenvalue weighted by atomic mass is 35.5. The Hall–Kier alpha value is -2.31. The lowest BCUT2D eigenvalue weighted by atomic mass is 10.1. The van der Waals surface area contributed by atoms with Crippen LogP contribution in [-0.4, -0.2) is 38.4 Å². The lowest BCUT2D eigenvalue weighted by Gasteiger charge is -2.27. The number of rotatable bonds is 3. The highest BCUT2D eigenvalue weighted by Crippen LogP contribution is 2.30. The second kappa shape index (κ2) is 8.15. The first-order valence-corrected chi connectivity index (χ1v) is 9.04. The van der Waals surface area contributed by atoms with Crippen molar-refractivity contribution in [1.82, 2.24) is 19.4 Å². The third kappa shape index (κ3) is 3.87. The summed E-state index contributed by atoms with van der Waals surface area (Å²) >= 11 is 6.02. The quantitative estimate of drug-likeness (QED) is 0.643. The summed E-state index contributed by atoms with van der Waals surface area (Å²) in [5, 5.41) is 0.580. The first-order chi connectivity index (χ1) is 12.6. The molecule has 3 aromatic rings. The predicted molar refractivity (Wildman–Crippen MR) is 107 cm³/mol. The first kappa shape index (κ1) is 19.5. The maximum Gasteiger partial charge on any atom is 0.257 e. The summed E-state index contributed by atoms with van der Waals surface area (Å²) in [4.78, 5) is 23.6. The molecule has 1 fully saturated rings. The second-order valence-corrected chi connectivity index (χ2v) is 6.88. The van der Waals surface area contributed by atoms with Crippen LogP contribution in [0, 0.1) is 0 Å². The minimum Gasteiger partial charge on any atom is -0.437 e. The third-order valence-corrected chi connectivity index (χ3v) is 4.83. The van der Waals surface area contributed by atoms with Crippen LogP contribution in [0.25, 0.3) is 11.0 Å². The van der Waals surface area contributed by atoms with Crippen LogP contribution in [0.4, 0.5) is 0 Å². The maximum absolute atomic E-state index is 13.0.